The third-order valence-corrected chi connectivity index (χ3v) is 3.20. The Labute approximate surface area is 138 Å². The molecule has 1 aromatic carbocycles. The van der Waals surface area contributed by atoms with E-state index in [-0.39, 0.29) is 5.78 Å². The van der Waals surface area contributed by atoms with Gasteiger partial charge in [-0.25, -0.2) is 0 Å². The van der Waals surface area contributed by atoms with Crippen LogP contribution in [0.15, 0.2) is 24.3 Å². The van der Waals surface area contributed by atoms with E-state index >= 15 is 0 Å². The molecule has 0 radical (unpaired) electrons. The van der Waals surface area contributed by atoms with Gasteiger partial charge in [0.25, 0.3) is 0 Å². The van der Waals surface area contributed by atoms with Gasteiger partial charge in [-0.15, -0.1) is 0 Å². The van der Waals surface area contributed by atoms with Crippen molar-refractivity contribution in [2.24, 2.45) is 11.8 Å². The van der Waals surface area contributed by atoms with Gasteiger partial charge in [0.1, 0.15) is 0 Å². The predicted octanol–water partition coefficient (Wildman–Crippen LogP) is 2.97. The van der Waals surface area contributed by atoms with E-state index in [9.17, 15) is 14.4 Å². The van der Waals surface area contributed by atoms with E-state index in [0.717, 1.165) is 0 Å². The molecule has 126 valence electrons. The van der Waals surface area contributed by atoms with Gasteiger partial charge in [0.05, 0.1) is 0 Å². The first-order chi connectivity index (χ1) is 10.7. The number of nitrogens with zero attached hydrogens (tertiary/aromatic N) is 1. The molecule has 0 aromatic heterocycles. The summed E-state index contributed by atoms with van der Waals surface area (Å²) in [7, 11) is 0. The van der Waals surface area contributed by atoms with Gasteiger partial charge in [-0.1, -0.05) is 27.7 Å². The van der Waals surface area contributed by atoms with Crippen molar-refractivity contribution in [2.45, 2.75) is 34.6 Å². The molecule has 0 saturated heterocycles. The first-order valence-corrected chi connectivity index (χ1v) is 7.92. The molecule has 5 heteroatoms. The van der Waals surface area contributed by atoms with Crippen LogP contribution < -0.4 is 5.32 Å². The Morgan fingerprint density at radius 1 is 0.957 bits per heavy atom. The lowest BCUT2D eigenvalue weighted by atomic mass is 10.1. The Bertz CT molecular complexity index is 552. The number of anilines is 1. The zero-order valence-corrected chi connectivity index (χ0v) is 14.6. The molecule has 2 amide bonds. The number of nitrogens with one attached hydrogen (secondary N) is 1. The second-order valence-corrected chi connectivity index (χ2v) is 6.59. The fourth-order valence-electron chi connectivity index (χ4n) is 2.24. The minimum atomic E-state index is -0.651. The Balaban J connectivity index is 2.76. The van der Waals surface area contributed by atoms with E-state index in [2.05, 4.69) is 5.32 Å². The summed E-state index contributed by atoms with van der Waals surface area (Å²) < 4.78 is 0. The van der Waals surface area contributed by atoms with Crippen LogP contribution in [0.5, 0.6) is 0 Å². The first kappa shape index (κ1) is 18.9. The summed E-state index contributed by atoms with van der Waals surface area (Å²) in [6.07, 6.45) is 0. The normalized spacial score (nSPS) is 10.7. The number of amides is 2. The number of carbonyl (C=O) groups is 3. The summed E-state index contributed by atoms with van der Waals surface area (Å²) in [5.74, 6) is -0.635. The van der Waals surface area contributed by atoms with Crippen LogP contribution in [-0.2, 0) is 9.59 Å². The second kappa shape index (κ2) is 8.46. The highest BCUT2D eigenvalue weighted by Crippen LogP contribution is 2.11. The largest absolute Gasteiger partial charge is 0.334 e. The molecule has 0 spiro atoms. The second-order valence-electron chi connectivity index (χ2n) is 6.59. The Morgan fingerprint density at radius 3 is 1.83 bits per heavy atom. The van der Waals surface area contributed by atoms with Crippen LogP contribution in [0.3, 0.4) is 0 Å². The Morgan fingerprint density at radius 2 is 1.43 bits per heavy atom. The maximum atomic E-state index is 12.4. The van der Waals surface area contributed by atoms with Gasteiger partial charge in [-0.05, 0) is 43.0 Å². The number of benzene rings is 1. The fourth-order valence-corrected chi connectivity index (χ4v) is 2.24. The minimum Gasteiger partial charge on any atom is -0.334 e. The fraction of sp³-hybridized carbons (Fsp3) is 0.500. The highest BCUT2D eigenvalue weighted by molar-refractivity contribution is 6.39. The summed E-state index contributed by atoms with van der Waals surface area (Å²) in [6.45, 7) is 10.6. The molecule has 0 aliphatic heterocycles. The van der Waals surface area contributed by atoms with E-state index in [4.69, 9.17) is 0 Å². The zero-order valence-electron chi connectivity index (χ0n) is 14.6. The van der Waals surface area contributed by atoms with E-state index < -0.39 is 11.8 Å². The highest BCUT2D eigenvalue weighted by atomic mass is 16.2. The molecule has 1 N–H and O–H groups in total. The molecule has 0 aliphatic carbocycles. The van der Waals surface area contributed by atoms with E-state index in [0.29, 0.717) is 36.2 Å². The van der Waals surface area contributed by atoms with Gasteiger partial charge < -0.3 is 10.2 Å². The topological polar surface area (TPSA) is 66.5 Å². The molecule has 0 heterocycles. The summed E-state index contributed by atoms with van der Waals surface area (Å²) >= 11 is 0. The number of ketones is 1. The summed E-state index contributed by atoms with van der Waals surface area (Å²) in [5.41, 5.74) is 1.07. The number of hydrogen-bond acceptors (Lipinski definition) is 3. The van der Waals surface area contributed by atoms with Gasteiger partial charge in [0.15, 0.2) is 5.78 Å². The van der Waals surface area contributed by atoms with Crippen LogP contribution in [0.1, 0.15) is 45.0 Å². The summed E-state index contributed by atoms with van der Waals surface area (Å²) in [4.78, 5) is 37.3. The van der Waals surface area contributed by atoms with Crippen molar-refractivity contribution in [1.82, 2.24) is 4.90 Å². The molecule has 0 atom stereocenters. The maximum absolute atomic E-state index is 12.4. The number of rotatable bonds is 6. The van der Waals surface area contributed by atoms with Gasteiger partial charge in [-0.3, -0.25) is 14.4 Å². The minimum absolute atomic E-state index is 0.0426. The first-order valence-electron chi connectivity index (χ1n) is 7.92. The van der Waals surface area contributed by atoms with Crippen LogP contribution in [0.25, 0.3) is 0 Å². The molecular weight excluding hydrogens is 292 g/mol. The van der Waals surface area contributed by atoms with E-state index in [1.165, 1.54) is 6.92 Å². The molecule has 0 saturated carbocycles. The van der Waals surface area contributed by atoms with Crippen molar-refractivity contribution in [2.75, 3.05) is 18.4 Å². The van der Waals surface area contributed by atoms with E-state index in [1.54, 1.807) is 29.2 Å². The van der Waals surface area contributed by atoms with Gasteiger partial charge in [0.2, 0.25) is 0 Å². The SMILES string of the molecule is CC(=O)c1ccc(NC(=O)C(=O)N(CC(C)C)CC(C)C)cc1. The molecular formula is C18H26N2O3. The van der Waals surface area contributed by atoms with E-state index in [1.807, 2.05) is 27.7 Å². The third kappa shape index (κ3) is 6.22. The quantitative estimate of drug-likeness (QED) is 0.648. The lowest BCUT2D eigenvalue weighted by molar-refractivity contribution is -0.143. The average Bonchev–Trinajstić information content (AvgIpc) is 2.45. The van der Waals surface area contributed by atoms with Gasteiger partial charge in [0, 0.05) is 24.3 Å². The highest BCUT2D eigenvalue weighted by Gasteiger charge is 2.23. The van der Waals surface area contributed by atoms with Crippen LogP contribution >= 0.6 is 0 Å². The molecule has 5 nitrogen and oxygen atoms in total. The van der Waals surface area contributed by atoms with Crippen LogP contribution in [0.4, 0.5) is 5.69 Å². The standard InChI is InChI=1S/C18H26N2O3/c1-12(2)10-20(11-13(3)4)18(23)17(22)19-16-8-6-15(7-9-16)14(5)21/h6-9,12-13H,10-11H2,1-5H3,(H,19,22). The van der Waals surface area contributed by atoms with Crippen molar-refractivity contribution in [3.05, 3.63) is 29.8 Å². The van der Waals surface area contributed by atoms with Crippen molar-refractivity contribution in [3.8, 4) is 0 Å². The molecule has 23 heavy (non-hydrogen) atoms. The van der Waals surface area contributed by atoms with Crippen molar-refractivity contribution in [3.63, 3.8) is 0 Å². The van der Waals surface area contributed by atoms with Crippen molar-refractivity contribution >= 4 is 23.3 Å². The monoisotopic (exact) mass is 318 g/mol. The average molecular weight is 318 g/mol. The Hall–Kier alpha value is -2.17. The van der Waals surface area contributed by atoms with Gasteiger partial charge in [-0.2, -0.15) is 0 Å². The maximum Gasteiger partial charge on any atom is 0.313 e. The lowest BCUT2D eigenvalue weighted by Crippen LogP contribution is -2.43. The summed E-state index contributed by atoms with van der Waals surface area (Å²) in [6, 6.07) is 6.50. The van der Waals surface area contributed by atoms with Gasteiger partial charge >= 0.3 is 11.8 Å². The number of Topliss-reactive ketones (excluding diaryl/α,β-unsaturated/α-hetero) is 1. The summed E-state index contributed by atoms with van der Waals surface area (Å²) in [5, 5.41) is 2.59. The zero-order chi connectivity index (χ0) is 17.6. The smallest absolute Gasteiger partial charge is 0.313 e. The van der Waals surface area contributed by atoms with Crippen molar-refractivity contribution in [1.29, 1.82) is 0 Å². The molecule has 0 bridgehead atoms. The Kier molecular flexibility index (Phi) is 6.94. The number of hydrogen-bond donors (Lipinski definition) is 1. The lowest BCUT2D eigenvalue weighted by Gasteiger charge is -2.25. The number of carbonyl (C=O) groups excluding carboxylic acids is 3. The van der Waals surface area contributed by atoms with Crippen molar-refractivity contribution < 1.29 is 14.4 Å². The molecule has 0 fully saturated rings. The van der Waals surface area contributed by atoms with Crippen LogP contribution in [0, 0.1) is 11.8 Å². The molecule has 1 aromatic rings. The molecule has 1 rings (SSSR count). The third-order valence-electron chi connectivity index (χ3n) is 3.20. The molecule has 0 aliphatic rings. The van der Waals surface area contributed by atoms with Crippen LogP contribution in [-0.4, -0.2) is 35.6 Å². The molecule has 0 unspecified atom stereocenters. The van der Waals surface area contributed by atoms with Crippen LogP contribution in [0.2, 0.25) is 0 Å². The predicted molar refractivity (Wildman–Crippen MR) is 91.3 cm³/mol.